The first-order valence-electron chi connectivity index (χ1n) is 7.67. The average Bonchev–Trinajstić information content (AvgIpc) is 3.19. The number of hydrogen-bond donors (Lipinski definition) is 1. The topological polar surface area (TPSA) is 38.3 Å². The molecule has 25 heavy (non-hydrogen) atoms. The van der Waals surface area contributed by atoms with Crippen LogP contribution in [-0.4, -0.2) is 24.7 Å². The number of ether oxygens (including phenoxy) is 1. The second-order valence-corrected chi connectivity index (χ2v) is 7.01. The average molecular weight is 390 g/mol. The molecule has 1 aromatic carbocycles. The van der Waals surface area contributed by atoms with Crippen LogP contribution in [0.1, 0.15) is 18.4 Å². The van der Waals surface area contributed by atoms with Gasteiger partial charge in [0.05, 0.1) is 18.0 Å². The first kappa shape index (κ1) is 18.1. The number of hydrogen-bond acceptors (Lipinski definition) is 3. The number of amides is 1. The molecule has 1 amide bonds. The Morgan fingerprint density at radius 2 is 2.16 bits per heavy atom. The molecule has 1 aliphatic heterocycles. The summed E-state index contributed by atoms with van der Waals surface area (Å²) in [4.78, 5) is 11.5. The van der Waals surface area contributed by atoms with Gasteiger partial charge in [-0.05, 0) is 40.1 Å². The summed E-state index contributed by atoms with van der Waals surface area (Å²) in [5, 5.41) is 6.98. The van der Waals surface area contributed by atoms with Gasteiger partial charge in [-0.15, -0.1) is 0 Å². The Kier molecular flexibility index (Phi) is 5.24. The van der Waals surface area contributed by atoms with Crippen molar-refractivity contribution in [3.05, 3.63) is 39.5 Å². The van der Waals surface area contributed by atoms with E-state index >= 15 is 0 Å². The predicted molar refractivity (Wildman–Crippen MR) is 91.2 cm³/mol. The molecule has 1 aromatic heterocycles. The summed E-state index contributed by atoms with van der Waals surface area (Å²) in [6.07, 6.45) is -5.82. The first-order chi connectivity index (χ1) is 11.8. The summed E-state index contributed by atoms with van der Waals surface area (Å²) in [5.74, 6) is -0.0582. The van der Waals surface area contributed by atoms with E-state index in [1.54, 1.807) is 11.3 Å². The maximum atomic E-state index is 12.1. The van der Waals surface area contributed by atoms with E-state index in [1.807, 2.05) is 29.0 Å². The SMILES string of the molecule is O=C(CCC(F)(F)F)NCC1Cc2cc(-c3ccsc3)cc(Cl)c2O1. The number of carbonyl (C=O) groups is 1. The number of halogens is 4. The van der Waals surface area contributed by atoms with Crippen LogP contribution in [0.4, 0.5) is 13.2 Å². The van der Waals surface area contributed by atoms with E-state index in [0.29, 0.717) is 17.2 Å². The lowest BCUT2D eigenvalue weighted by Gasteiger charge is -2.13. The molecule has 0 radical (unpaired) electrons. The highest BCUT2D eigenvalue weighted by molar-refractivity contribution is 7.08. The van der Waals surface area contributed by atoms with Crippen molar-refractivity contribution >= 4 is 28.8 Å². The maximum Gasteiger partial charge on any atom is 0.389 e. The quantitative estimate of drug-likeness (QED) is 0.795. The third-order valence-corrected chi connectivity index (χ3v) is 4.83. The Bertz CT molecular complexity index is 762. The molecule has 1 atom stereocenters. The van der Waals surface area contributed by atoms with Gasteiger partial charge in [-0.1, -0.05) is 11.6 Å². The normalized spacial score (nSPS) is 16.4. The van der Waals surface area contributed by atoms with E-state index in [0.717, 1.165) is 16.7 Å². The predicted octanol–water partition coefficient (Wildman–Crippen LogP) is 4.83. The smallest absolute Gasteiger partial charge is 0.389 e. The molecular weight excluding hydrogens is 375 g/mol. The Balaban J connectivity index is 1.58. The van der Waals surface area contributed by atoms with Gasteiger partial charge >= 0.3 is 6.18 Å². The molecule has 3 nitrogen and oxygen atoms in total. The zero-order chi connectivity index (χ0) is 18.0. The lowest BCUT2D eigenvalue weighted by molar-refractivity contribution is -0.144. The van der Waals surface area contributed by atoms with Crippen LogP contribution in [0.15, 0.2) is 29.0 Å². The van der Waals surface area contributed by atoms with Crippen molar-refractivity contribution < 1.29 is 22.7 Å². The molecule has 0 saturated heterocycles. The van der Waals surface area contributed by atoms with E-state index in [9.17, 15) is 18.0 Å². The van der Waals surface area contributed by atoms with Gasteiger partial charge in [-0.2, -0.15) is 24.5 Å². The molecule has 1 aliphatic rings. The maximum absolute atomic E-state index is 12.1. The van der Waals surface area contributed by atoms with Crippen molar-refractivity contribution in [2.24, 2.45) is 0 Å². The van der Waals surface area contributed by atoms with Crippen LogP contribution in [0.5, 0.6) is 5.75 Å². The van der Waals surface area contributed by atoms with Gasteiger partial charge in [0.15, 0.2) is 0 Å². The van der Waals surface area contributed by atoms with Gasteiger partial charge in [-0.3, -0.25) is 4.79 Å². The molecule has 1 unspecified atom stereocenters. The zero-order valence-electron chi connectivity index (χ0n) is 13.0. The van der Waals surface area contributed by atoms with Crippen LogP contribution < -0.4 is 10.1 Å². The number of benzene rings is 1. The van der Waals surface area contributed by atoms with Crippen LogP contribution in [-0.2, 0) is 11.2 Å². The standard InChI is InChI=1S/C17H15ClF3NO2S/c18-14-7-11(10-2-4-25-9-10)5-12-6-13(24-16(12)14)8-22-15(23)1-3-17(19,20)21/h2,4-5,7,9,13H,1,3,6,8H2,(H,22,23). The summed E-state index contributed by atoms with van der Waals surface area (Å²) in [6, 6.07) is 5.82. The van der Waals surface area contributed by atoms with Crippen molar-refractivity contribution in [3.63, 3.8) is 0 Å². The van der Waals surface area contributed by atoms with Crippen molar-refractivity contribution in [3.8, 4) is 16.9 Å². The van der Waals surface area contributed by atoms with E-state index in [2.05, 4.69) is 5.32 Å². The molecule has 0 bridgehead atoms. The third kappa shape index (κ3) is 4.67. The number of alkyl halides is 3. The highest BCUT2D eigenvalue weighted by Gasteiger charge is 2.29. The molecule has 0 aliphatic carbocycles. The monoisotopic (exact) mass is 389 g/mol. The number of rotatable bonds is 5. The number of nitrogens with one attached hydrogen (secondary N) is 1. The molecule has 2 aromatic rings. The summed E-state index contributed by atoms with van der Waals surface area (Å²) in [5.41, 5.74) is 2.99. The van der Waals surface area contributed by atoms with Crippen molar-refractivity contribution in [2.45, 2.75) is 31.5 Å². The second kappa shape index (κ2) is 7.25. The van der Waals surface area contributed by atoms with Gasteiger partial charge in [0.25, 0.3) is 0 Å². The number of carbonyl (C=O) groups excluding carboxylic acids is 1. The molecule has 134 valence electrons. The van der Waals surface area contributed by atoms with Gasteiger partial charge in [0, 0.05) is 18.4 Å². The Hall–Kier alpha value is -1.73. The Labute approximate surface area is 151 Å². The minimum atomic E-state index is -4.33. The highest BCUT2D eigenvalue weighted by atomic mass is 35.5. The number of fused-ring (bicyclic) bond motifs is 1. The van der Waals surface area contributed by atoms with Crippen molar-refractivity contribution in [1.29, 1.82) is 0 Å². The summed E-state index contributed by atoms with van der Waals surface area (Å²) >= 11 is 7.88. The molecule has 0 spiro atoms. The molecule has 3 rings (SSSR count). The van der Waals surface area contributed by atoms with Gasteiger partial charge in [0.1, 0.15) is 11.9 Å². The van der Waals surface area contributed by atoms with Crippen LogP contribution >= 0.6 is 22.9 Å². The molecule has 2 heterocycles. The minimum Gasteiger partial charge on any atom is -0.486 e. The Morgan fingerprint density at radius 3 is 2.84 bits per heavy atom. The second-order valence-electron chi connectivity index (χ2n) is 5.82. The van der Waals surface area contributed by atoms with Crippen LogP contribution in [0.3, 0.4) is 0 Å². The van der Waals surface area contributed by atoms with E-state index < -0.39 is 24.9 Å². The third-order valence-electron chi connectivity index (χ3n) is 3.87. The van der Waals surface area contributed by atoms with E-state index in [-0.39, 0.29) is 12.6 Å². The largest absolute Gasteiger partial charge is 0.486 e. The van der Waals surface area contributed by atoms with Gasteiger partial charge in [0.2, 0.25) is 5.91 Å². The summed E-state index contributed by atoms with van der Waals surface area (Å²) in [7, 11) is 0. The lowest BCUT2D eigenvalue weighted by Crippen LogP contribution is -2.34. The van der Waals surface area contributed by atoms with Gasteiger partial charge in [-0.25, -0.2) is 0 Å². The molecule has 8 heteroatoms. The summed E-state index contributed by atoms with van der Waals surface area (Å²) < 4.78 is 42.1. The zero-order valence-corrected chi connectivity index (χ0v) is 14.6. The van der Waals surface area contributed by atoms with E-state index in [4.69, 9.17) is 16.3 Å². The fraction of sp³-hybridized carbons (Fsp3) is 0.353. The summed E-state index contributed by atoms with van der Waals surface area (Å²) in [6.45, 7) is 0.148. The van der Waals surface area contributed by atoms with Gasteiger partial charge < -0.3 is 10.1 Å². The van der Waals surface area contributed by atoms with Crippen LogP contribution in [0.2, 0.25) is 5.02 Å². The van der Waals surface area contributed by atoms with Crippen LogP contribution in [0, 0.1) is 0 Å². The number of thiophene rings is 1. The van der Waals surface area contributed by atoms with Crippen molar-refractivity contribution in [2.75, 3.05) is 6.54 Å². The Morgan fingerprint density at radius 1 is 1.36 bits per heavy atom. The fourth-order valence-electron chi connectivity index (χ4n) is 2.67. The van der Waals surface area contributed by atoms with Crippen LogP contribution in [0.25, 0.3) is 11.1 Å². The van der Waals surface area contributed by atoms with E-state index in [1.165, 1.54) is 0 Å². The minimum absolute atomic E-state index is 0.148. The molecule has 0 fully saturated rings. The molecule has 1 N–H and O–H groups in total. The fourth-order valence-corrected chi connectivity index (χ4v) is 3.62. The molecule has 0 saturated carbocycles. The molecular formula is C17H15ClF3NO2S. The highest BCUT2D eigenvalue weighted by Crippen LogP contribution is 2.39. The van der Waals surface area contributed by atoms with Crippen molar-refractivity contribution in [1.82, 2.24) is 5.32 Å². The lowest BCUT2D eigenvalue weighted by atomic mass is 10.0. The first-order valence-corrected chi connectivity index (χ1v) is 8.99.